The summed E-state index contributed by atoms with van der Waals surface area (Å²) in [4.78, 5) is 2.68. The SMILES string of the molecule is CCCNC1CCN(C(CCC)COC)C(C)C1C. The molecule has 1 aliphatic heterocycles. The lowest BCUT2D eigenvalue weighted by atomic mass is 9.85. The summed E-state index contributed by atoms with van der Waals surface area (Å²) in [7, 11) is 1.83. The lowest BCUT2D eigenvalue weighted by Crippen LogP contribution is -2.57. The summed E-state index contributed by atoms with van der Waals surface area (Å²) < 4.78 is 5.43. The molecule has 1 rings (SSSR count). The number of rotatable bonds is 8. The lowest BCUT2D eigenvalue weighted by molar-refractivity contribution is 0.00837. The van der Waals surface area contributed by atoms with E-state index in [2.05, 4.69) is 37.9 Å². The first-order valence-corrected chi connectivity index (χ1v) is 8.13. The number of piperidine rings is 1. The normalized spacial score (nSPS) is 30.5. The van der Waals surface area contributed by atoms with Crippen molar-refractivity contribution in [2.45, 2.75) is 71.5 Å². The molecule has 0 amide bonds. The van der Waals surface area contributed by atoms with Crippen molar-refractivity contribution in [2.75, 3.05) is 26.8 Å². The Morgan fingerprint density at radius 3 is 2.58 bits per heavy atom. The molecule has 0 saturated carbocycles. The highest BCUT2D eigenvalue weighted by atomic mass is 16.5. The zero-order chi connectivity index (χ0) is 14.3. The van der Waals surface area contributed by atoms with Crippen molar-refractivity contribution in [2.24, 2.45) is 5.92 Å². The minimum absolute atomic E-state index is 0.597. The average molecular weight is 270 g/mol. The highest BCUT2D eigenvalue weighted by Crippen LogP contribution is 2.27. The molecule has 0 aliphatic carbocycles. The highest BCUT2D eigenvalue weighted by Gasteiger charge is 2.35. The van der Waals surface area contributed by atoms with E-state index < -0.39 is 0 Å². The van der Waals surface area contributed by atoms with E-state index in [1.807, 2.05) is 7.11 Å². The van der Waals surface area contributed by atoms with Gasteiger partial charge >= 0.3 is 0 Å². The summed E-state index contributed by atoms with van der Waals surface area (Å²) in [5.74, 6) is 0.719. The fourth-order valence-corrected chi connectivity index (χ4v) is 3.40. The Morgan fingerprint density at radius 1 is 1.26 bits per heavy atom. The van der Waals surface area contributed by atoms with Gasteiger partial charge in [-0.3, -0.25) is 4.90 Å². The van der Waals surface area contributed by atoms with Crippen LogP contribution in [0.1, 0.15) is 53.4 Å². The number of methoxy groups -OCH3 is 1. The first-order chi connectivity index (χ1) is 9.15. The zero-order valence-electron chi connectivity index (χ0n) is 13.6. The molecule has 1 fully saturated rings. The third-order valence-electron chi connectivity index (χ3n) is 4.72. The number of nitrogens with one attached hydrogen (secondary N) is 1. The number of hydrogen-bond acceptors (Lipinski definition) is 3. The molecule has 1 N–H and O–H groups in total. The van der Waals surface area contributed by atoms with Gasteiger partial charge in [0.25, 0.3) is 0 Å². The van der Waals surface area contributed by atoms with Crippen LogP contribution in [-0.4, -0.2) is 49.8 Å². The minimum atomic E-state index is 0.597. The molecule has 1 heterocycles. The Bertz CT molecular complexity index is 229. The van der Waals surface area contributed by atoms with Gasteiger partial charge in [0.05, 0.1) is 6.61 Å². The van der Waals surface area contributed by atoms with E-state index in [1.165, 1.54) is 32.2 Å². The van der Waals surface area contributed by atoms with E-state index >= 15 is 0 Å². The Labute approximate surface area is 120 Å². The van der Waals surface area contributed by atoms with Crippen LogP contribution < -0.4 is 5.32 Å². The minimum Gasteiger partial charge on any atom is -0.383 e. The van der Waals surface area contributed by atoms with Crippen LogP contribution in [0.5, 0.6) is 0 Å². The summed E-state index contributed by atoms with van der Waals surface area (Å²) in [5.41, 5.74) is 0. The molecule has 19 heavy (non-hydrogen) atoms. The number of hydrogen-bond donors (Lipinski definition) is 1. The molecular formula is C16H34N2O. The second-order valence-corrected chi connectivity index (χ2v) is 6.08. The number of likely N-dealkylation sites (tertiary alicyclic amines) is 1. The maximum atomic E-state index is 5.43. The quantitative estimate of drug-likeness (QED) is 0.734. The lowest BCUT2D eigenvalue weighted by Gasteiger charge is -2.46. The van der Waals surface area contributed by atoms with Gasteiger partial charge < -0.3 is 10.1 Å². The topological polar surface area (TPSA) is 24.5 Å². The van der Waals surface area contributed by atoms with Crippen LogP contribution in [0.3, 0.4) is 0 Å². The molecule has 4 unspecified atom stereocenters. The van der Waals surface area contributed by atoms with Gasteiger partial charge in [-0.05, 0) is 38.6 Å². The molecule has 0 spiro atoms. The Balaban J connectivity index is 2.58. The third kappa shape index (κ3) is 4.73. The first kappa shape index (κ1) is 16.9. The summed E-state index contributed by atoms with van der Waals surface area (Å²) in [6.07, 6.45) is 4.99. The Hall–Kier alpha value is -0.120. The molecule has 4 atom stereocenters. The van der Waals surface area contributed by atoms with E-state index in [4.69, 9.17) is 4.74 Å². The van der Waals surface area contributed by atoms with Crippen LogP contribution in [0.4, 0.5) is 0 Å². The maximum Gasteiger partial charge on any atom is 0.0618 e. The molecule has 114 valence electrons. The van der Waals surface area contributed by atoms with Gasteiger partial charge in [0.2, 0.25) is 0 Å². The Morgan fingerprint density at radius 2 is 2.00 bits per heavy atom. The predicted octanol–water partition coefficient (Wildman–Crippen LogP) is 2.90. The summed E-state index contributed by atoms with van der Waals surface area (Å²) in [5, 5.41) is 3.72. The van der Waals surface area contributed by atoms with E-state index in [0.29, 0.717) is 18.1 Å². The molecule has 0 aromatic rings. The number of ether oxygens (including phenoxy) is 1. The van der Waals surface area contributed by atoms with Crippen molar-refractivity contribution >= 4 is 0 Å². The molecular weight excluding hydrogens is 236 g/mol. The van der Waals surface area contributed by atoms with Crippen molar-refractivity contribution in [1.82, 2.24) is 10.2 Å². The highest BCUT2D eigenvalue weighted by molar-refractivity contribution is 4.91. The second-order valence-electron chi connectivity index (χ2n) is 6.08. The van der Waals surface area contributed by atoms with Gasteiger partial charge in [-0.25, -0.2) is 0 Å². The van der Waals surface area contributed by atoms with E-state index in [0.717, 1.165) is 19.1 Å². The van der Waals surface area contributed by atoms with Crippen molar-refractivity contribution in [3.05, 3.63) is 0 Å². The van der Waals surface area contributed by atoms with Gasteiger partial charge in [0.1, 0.15) is 0 Å². The van der Waals surface area contributed by atoms with Crippen LogP contribution in [-0.2, 0) is 4.74 Å². The molecule has 3 heteroatoms. The van der Waals surface area contributed by atoms with Gasteiger partial charge in [0.15, 0.2) is 0 Å². The molecule has 0 bridgehead atoms. The monoisotopic (exact) mass is 270 g/mol. The largest absolute Gasteiger partial charge is 0.383 e. The zero-order valence-corrected chi connectivity index (χ0v) is 13.6. The van der Waals surface area contributed by atoms with E-state index in [1.54, 1.807) is 0 Å². The van der Waals surface area contributed by atoms with E-state index in [9.17, 15) is 0 Å². The van der Waals surface area contributed by atoms with Gasteiger partial charge in [-0.1, -0.05) is 27.2 Å². The molecule has 1 saturated heterocycles. The van der Waals surface area contributed by atoms with Crippen LogP contribution in [0.25, 0.3) is 0 Å². The molecule has 0 aromatic carbocycles. The third-order valence-corrected chi connectivity index (χ3v) is 4.72. The van der Waals surface area contributed by atoms with Crippen molar-refractivity contribution in [3.8, 4) is 0 Å². The Kier molecular flexibility index (Phi) is 7.96. The summed E-state index contributed by atoms with van der Waals surface area (Å²) >= 11 is 0. The fraction of sp³-hybridized carbons (Fsp3) is 1.00. The van der Waals surface area contributed by atoms with Gasteiger partial charge in [-0.15, -0.1) is 0 Å². The first-order valence-electron chi connectivity index (χ1n) is 8.13. The van der Waals surface area contributed by atoms with Crippen molar-refractivity contribution < 1.29 is 4.74 Å². The fourth-order valence-electron chi connectivity index (χ4n) is 3.40. The van der Waals surface area contributed by atoms with Crippen molar-refractivity contribution in [3.63, 3.8) is 0 Å². The van der Waals surface area contributed by atoms with Crippen LogP contribution in [0.2, 0.25) is 0 Å². The summed E-state index contributed by atoms with van der Waals surface area (Å²) in [6, 6.07) is 1.94. The van der Waals surface area contributed by atoms with Crippen LogP contribution in [0, 0.1) is 5.92 Å². The molecule has 0 aromatic heterocycles. The van der Waals surface area contributed by atoms with E-state index in [-0.39, 0.29) is 0 Å². The second kappa shape index (κ2) is 8.93. The van der Waals surface area contributed by atoms with Crippen LogP contribution in [0.15, 0.2) is 0 Å². The average Bonchev–Trinajstić information content (AvgIpc) is 2.40. The number of nitrogens with zero attached hydrogens (tertiary/aromatic N) is 1. The summed E-state index contributed by atoms with van der Waals surface area (Å²) in [6.45, 7) is 12.5. The van der Waals surface area contributed by atoms with Gasteiger partial charge in [0, 0.05) is 31.8 Å². The maximum absolute atomic E-state index is 5.43. The van der Waals surface area contributed by atoms with Crippen molar-refractivity contribution in [1.29, 1.82) is 0 Å². The van der Waals surface area contributed by atoms with Gasteiger partial charge in [-0.2, -0.15) is 0 Å². The molecule has 0 radical (unpaired) electrons. The standard InChI is InChI=1S/C16H34N2O/c1-6-8-15(12-19-5)18-11-9-16(17-10-7-2)13(3)14(18)4/h13-17H,6-12H2,1-5H3. The molecule has 3 nitrogen and oxygen atoms in total. The van der Waals surface area contributed by atoms with Crippen LogP contribution >= 0.6 is 0 Å². The molecule has 1 aliphatic rings. The smallest absolute Gasteiger partial charge is 0.0618 e. The predicted molar refractivity (Wildman–Crippen MR) is 82.6 cm³/mol.